The fourth-order valence-electron chi connectivity index (χ4n) is 2.56. The number of halogens is 2. The second-order valence-corrected chi connectivity index (χ2v) is 5.78. The van der Waals surface area contributed by atoms with Gasteiger partial charge in [-0.25, -0.2) is 9.37 Å². The molecule has 0 bridgehead atoms. The van der Waals surface area contributed by atoms with Crippen LogP contribution < -0.4 is 5.73 Å². The van der Waals surface area contributed by atoms with Gasteiger partial charge in [0.25, 0.3) is 0 Å². The highest BCUT2D eigenvalue weighted by Crippen LogP contribution is 2.28. The maximum atomic E-state index is 13.4. The Morgan fingerprint density at radius 1 is 0.917 bits per heavy atom. The molecular formula is C18H12ClFN4. The van der Waals surface area contributed by atoms with Crippen LogP contribution in [0.15, 0.2) is 60.7 Å². The number of hydrogen-bond acceptors (Lipinski definition) is 3. The lowest BCUT2D eigenvalue weighted by molar-refractivity contribution is 0.628. The van der Waals surface area contributed by atoms with Gasteiger partial charge in [0, 0.05) is 5.56 Å². The van der Waals surface area contributed by atoms with E-state index in [1.54, 1.807) is 22.7 Å². The van der Waals surface area contributed by atoms with E-state index in [4.69, 9.17) is 17.3 Å². The standard InChI is InChI=1S/C18H12ClFN4/c19-14-8-12(6-7-15(14)20)13-9-16(21)24-17(10-13)22-18(23-24)11-4-2-1-3-5-11/h1-10H,21H2. The Kier molecular flexibility index (Phi) is 3.43. The lowest BCUT2D eigenvalue weighted by Gasteiger charge is -2.05. The van der Waals surface area contributed by atoms with E-state index in [2.05, 4.69) is 10.1 Å². The quantitative estimate of drug-likeness (QED) is 0.588. The predicted octanol–water partition coefficient (Wildman–Crippen LogP) is 4.44. The van der Waals surface area contributed by atoms with Crippen molar-refractivity contribution in [2.45, 2.75) is 0 Å². The minimum Gasteiger partial charge on any atom is -0.384 e. The van der Waals surface area contributed by atoms with Crippen LogP contribution in [0.25, 0.3) is 28.2 Å². The Morgan fingerprint density at radius 3 is 2.46 bits per heavy atom. The molecule has 4 nitrogen and oxygen atoms in total. The van der Waals surface area contributed by atoms with Gasteiger partial charge in [-0.05, 0) is 35.4 Å². The Balaban J connectivity index is 1.86. The second kappa shape index (κ2) is 5.62. The summed E-state index contributed by atoms with van der Waals surface area (Å²) in [5.74, 6) is 0.581. The van der Waals surface area contributed by atoms with Crippen molar-refractivity contribution in [2.75, 3.05) is 5.73 Å². The topological polar surface area (TPSA) is 56.2 Å². The fourth-order valence-corrected chi connectivity index (χ4v) is 2.74. The zero-order valence-electron chi connectivity index (χ0n) is 12.4. The molecule has 2 heterocycles. The number of fused-ring (bicyclic) bond motifs is 1. The van der Waals surface area contributed by atoms with E-state index in [1.807, 2.05) is 36.4 Å². The van der Waals surface area contributed by atoms with Crippen molar-refractivity contribution in [2.24, 2.45) is 0 Å². The average Bonchev–Trinajstić information content (AvgIpc) is 3.03. The largest absolute Gasteiger partial charge is 0.384 e. The molecule has 0 amide bonds. The van der Waals surface area contributed by atoms with Crippen molar-refractivity contribution < 1.29 is 4.39 Å². The number of nitrogens with zero attached hydrogens (tertiary/aromatic N) is 3. The first kappa shape index (κ1) is 14.7. The Hall–Kier alpha value is -2.92. The van der Waals surface area contributed by atoms with Gasteiger partial charge in [0.2, 0.25) is 0 Å². The van der Waals surface area contributed by atoms with Crippen LogP contribution in [-0.4, -0.2) is 14.6 Å². The third kappa shape index (κ3) is 2.49. The Bertz CT molecular complexity index is 1040. The van der Waals surface area contributed by atoms with Crippen LogP contribution in [0.4, 0.5) is 10.2 Å². The molecule has 2 aromatic carbocycles. The van der Waals surface area contributed by atoms with Crippen LogP contribution in [-0.2, 0) is 0 Å². The summed E-state index contributed by atoms with van der Waals surface area (Å²) >= 11 is 5.87. The maximum Gasteiger partial charge on any atom is 0.182 e. The van der Waals surface area contributed by atoms with E-state index in [0.29, 0.717) is 17.3 Å². The molecule has 0 spiro atoms. The van der Waals surface area contributed by atoms with Crippen molar-refractivity contribution in [1.29, 1.82) is 0 Å². The molecule has 0 saturated heterocycles. The summed E-state index contributed by atoms with van der Waals surface area (Å²) in [5.41, 5.74) is 9.20. The van der Waals surface area contributed by atoms with Crippen LogP contribution in [0, 0.1) is 5.82 Å². The molecule has 2 N–H and O–H groups in total. The lowest BCUT2D eigenvalue weighted by atomic mass is 10.1. The van der Waals surface area contributed by atoms with Gasteiger partial charge >= 0.3 is 0 Å². The fraction of sp³-hybridized carbons (Fsp3) is 0. The normalized spacial score (nSPS) is 11.1. The first-order valence-electron chi connectivity index (χ1n) is 7.29. The third-order valence-corrected chi connectivity index (χ3v) is 4.04. The van der Waals surface area contributed by atoms with Crippen molar-refractivity contribution in [3.8, 4) is 22.5 Å². The van der Waals surface area contributed by atoms with Crippen molar-refractivity contribution in [3.05, 3.63) is 71.5 Å². The van der Waals surface area contributed by atoms with Gasteiger partial charge in [0.1, 0.15) is 11.6 Å². The molecule has 0 aliphatic carbocycles. The SMILES string of the molecule is Nc1cc(-c2ccc(F)c(Cl)c2)cc2nc(-c3ccccc3)nn12. The van der Waals surface area contributed by atoms with Crippen molar-refractivity contribution in [3.63, 3.8) is 0 Å². The van der Waals surface area contributed by atoms with Crippen LogP contribution in [0.1, 0.15) is 0 Å². The molecule has 0 saturated carbocycles. The van der Waals surface area contributed by atoms with Gasteiger partial charge in [0.05, 0.1) is 5.02 Å². The summed E-state index contributed by atoms with van der Waals surface area (Å²) in [5, 5.41) is 4.51. The number of anilines is 1. The smallest absolute Gasteiger partial charge is 0.182 e. The number of aromatic nitrogens is 3. The summed E-state index contributed by atoms with van der Waals surface area (Å²) in [7, 11) is 0. The number of rotatable bonds is 2. The summed E-state index contributed by atoms with van der Waals surface area (Å²) in [6, 6.07) is 17.8. The van der Waals surface area contributed by atoms with Crippen LogP contribution in [0.3, 0.4) is 0 Å². The highest BCUT2D eigenvalue weighted by Gasteiger charge is 2.11. The number of nitrogen functional groups attached to an aromatic ring is 1. The van der Waals surface area contributed by atoms with Gasteiger partial charge in [-0.2, -0.15) is 4.52 Å². The minimum atomic E-state index is -0.455. The summed E-state index contributed by atoms with van der Waals surface area (Å²) in [6.45, 7) is 0. The van der Waals surface area contributed by atoms with Gasteiger partial charge in [-0.15, -0.1) is 5.10 Å². The number of hydrogen-bond donors (Lipinski definition) is 1. The summed E-state index contributed by atoms with van der Waals surface area (Å²) in [6.07, 6.45) is 0. The Morgan fingerprint density at radius 2 is 1.71 bits per heavy atom. The first-order chi connectivity index (χ1) is 11.6. The lowest BCUT2D eigenvalue weighted by Crippen LogP contribution is -1.99. The molecule has 4 rings (SSSR count). The summed E-state index contributed by atoms with van der Waals surface area (Å²) < 4.78 is 14.9. The molecule has 0 unspecified atom stereocenters. The zero-order valence-corrected chi connectivity index (χ0v) is 13.2. The van der Waals surface area contributed by atoms with Crippen LogP contribution >= 0.6 is 11.6 Å². The van der Waals surface area contributed by atoms with E-state index in [9.17, 15) is 4.39 Å². The molecule has 6 heteroatoms. The molecule has 4 aromatic rings. The average molecular weight is 339 g/mol. The van der Waals surface area contributed by atoms with E-state index in [-0.39, 0.29) is 5.02 Å². The molecule has 0 radical (unpaired) electrons. The maximum absolute atomic E-state index is 13.4. The minimum absolute atomic E-state index is 0.0670. The van der Waals surface area contributed by atoms with Crippen LogP contribution in [0.5, 0.6) is 0 Å². The van der Waals surface area contributed by atoms with E-state index in [0.717, 1.165) is 16.7 Å². The number of benzene rings is 2. The molecule has 0 aliphatic heterocycles. The highest BCUT2D eigenvalue weighted by molar-refractivity contribution is 6.31. The molecule has 0 aliphatic rings. The number of pyridine rings is 1. The van der Waals surface area contributed by atoms with E-state index >= 15 is 0 Å². The van der Waals surface area contributed by atoms with Crippen LogP contribution in [0.2, 0.25) is 5.02 Å². The molecule has 0 fully saturated rings. The van der Waals surface area contributed by atoms with E-state index in [1.165, 1.54) is 6.07 Å². The van der Waals surface area contributed by atoms with Gasteiger partial charge in [-0.3, -0.25) is 0 Å². The molecule has 118 valence electrons. The van der Waals surface area contributed by atoms with Crippen molar-refractivity contribution in [1.82, 2.24) is 14.6 Å². The number of nitrogens with two attached hydrogens (primary N) is 1. The molecule has 2 aromatic heterocycles. The van der Waals surface area contributed by atoms with Crippen molar-refractivity contribution >= 4 is 23.1 Å². The summed E-state index contributed by atoms with van der Waals surface area (Å²) in [4.78, 5) is 4.53. The van der Waals surface area contributed by atoms with Gasteiger partial charge in [0.15, 0.2) is 11.5 Å². The van der Waals surface area contributed by atoms with E-state index < -0.39 is 5.82 Å². The van der Waals surface area contributed by atoms with Gasteiger partial charge in [-0.1, -0.05) is 48.0 Å². The second-order valence-electron chi connectivity index (χ2n) is 5.37. The zero-order chi connectivity index (χ0) is 16.7. The van der Waals surface area contributed by atoms with Gasteiger partial charge < -0.3 is 5.73 Å². The molecule has 24 heavy (non-hydrogen) atoms. The molecule has 0 atom stereocenters. The predicted molar refractivity (Wildman–Crippen MR) is 93.2 cm³/mol. The highest BCUT2D eigenvalue weighted by atomic mass is 35.5. The first-order valence-corrected chi connectivity index (χ1v) is 7.67. The Labute approximate surface area is 142 Å². The third-order valence-electron chi connectivity index (χ3n) is 3.75. The molecular weight excluding hydrogens is 327 g/mol. The monoisotopic (exact) mass is 338 g/mol.